The second-order valence-corrected chi connectivity index (χ2v) is 4.55. The molecule has 2 nitrogen and oxygen atoms in total. The van der Waals surface area contributed by atoms with E-state index in [1.54, 1.807) is 6.20 Å². The van der Waals surface area contributed by atoms with E-state index in [1.807, 2.05) is 19.1 Å². The highest BCUT2D eigenvalue weighted by Crippen LogP contribution is 2.15. The second kappa shape index (κ2) is 3.99. The monoisotopic (exact) mass is 186 g/mol. The highest BCUT2D eigenvalue weighted by Gasteiger charge is 1.98. The van der Waals surface area contributed by atoms with Crippen LogP contribution >= 0.6 is 18.5 Å². The third-order valence-electron chi connectivity index (χ3n) is 1.31. The van der Waals surface area contributed by atoms with E-state index in [0.29, 0.717) is 0 Å². The van der Waals surface area contributed by atoms with Crippen LogP contribution in [0.2, 0.25) is 0 Å². The minimum absolute atomic E-state index is 0.281. The van der Waals surface area contributed by atoms with E-state index >= 15 is 0 Å². The van der Waals surface area contributed by atoms with Crippen molar-refractivity contribution in [1.29, 1.82) is 0 Å². The topological polar surface area (TPSA) is 24.9 Å². The lowest BCUT2D eigenvalue weighted by Gasteiger charge is -2.10. The molecule has 0 aliphatic heterocycles. The van der Waals surface area contributed by atoms with E-state index in [1.165, 1.54) is 5.56 Å². The van der Waals surface area contributed by atoms with Crippen molar-refractivity contribution >= 4 is 24.3 Å². The predicted octanol–water partition coefficient (Wildman–Crippen LogP) is 1.84. The molecular formula is C7H12N2P2. The van der Waals surface area contributed by atoms with Crippen LogP contribution < -0.4 is 5.32 Å². The van der Waals surface area contributed by atoms with Gasteiger partial charge in [-0.25, -0.2) is 4.98 Å². The molecule has 0 saturated carbocycles. The van der Waals surface area contributed by atoms with Crippen molar-refractivity contribution < 1.29 is 0 Å². The molecule has 4 heteroatoms. The summed E-state index contributed by atoms with van der Waals surface area (Å²) in [6, 6.07) is 3.97. The fourth-order valence-electron chi connectivity index (χ4n) is 0.795. The van der Waals surface area contributed by atoms with Crippen molar-refractivity contribution in [3.8, 4) is 0 Å². The summed E-state index contributed by atoms with van der Waals surface area (Å²) >= 11 is 0. The molecule has 1 rings (SSSR count). The van der Waals surface area contributed by atoms with Crippen LogP contribution in [0, 0.1) is 6.92 Å². The maximum absolute atomic E-state index is 4.18. The number of rotatable bonds is 2. The molecule has 0 amide bonds. The van der Waals surface area contributed by atoms with Gasteiger partial charge in [0.2, 0.25) is 0 Å². The summed E-state index contributed by atoms with van der Waals surface area (Å²) in [5.74, 6) is 0.947. The second-order valence-electron chi connectivity index (χ2n) is 2.34. The molecule has 1 aromatic rings. The maximum atomic E-state index is 4.18. The molecule has 1 aromatic heterocycles. The van der Waals surface area contributed by atoms with Gasteiger partial charge in [0, 0.05) is 6.20 Å². The molecule has 0 fully saturated rings. The summed E-state index contributed by atoms with van der Waals surface area (Å²) in [7, 11) is 5.28. The van der Waals surface area contributed by atoms with Gasteiger partial charge in [-0.3, -0.25) is 0 Å². The first-order valence-corrected chi connectivity index (χ1v) is 4.73. The van der Waals surface area contributed by atoms with E-state index in [-0.39, 0.29) is 5.52 Å². The third-order valence-corrected chi connectivity index (χ3v) is 1.65. The zero-order valence-electron chi connectivity index (χ0n) is 6.41. The van der Waals surface area contributed by atoms with Crippen LogP contribution in [0.5, 0.6) is 0 Å². The first-order chi connectivity index (χ1) is 5.20. The molecular weight excluding hydrogens is 174 g/mol. The summed E-state index contributed by atoms with van der Waals surface area (Å²) in [5.41, 5.74) is 1.45. The Hall–Kier alpha value is -0.190. The van der Waals surface area contributed by atoms with Gasteiger partial charge in [0.25, 0.3) is 0 Å². The van der Waals surface area contributed by atoms with Crippen molar-refractivity contribution in [3.63, 3.8) is 0 Å². The van der Waals surface area contributed by atoms with Crippen molar-refractivity contribution in [3.05, 3.63) is 23.9 Å². The number of hydrogen-bond acceptors (Lipinski definition) is 2. The zero-order valence-corrected chi connectivity index (χ0v) is 8.72. The van der Waals surface area contributed by atoms with E-state index < -0.39 is 0 Å². The number of hydrogen-bond donors (Lipinski definition) is 1. The minimum Gasteiger partial charge on any atom is -0.361 e. The highest BCUT2D eigenvalue weighted by molar-refractivity contribution is 7.38. The highest BCUT2D eigenvalue weighted by atomic mass is 31.1. The Morgan fingerprint density at radius 1 is 1.55 bits per heavy atom. The summed E-state index contributed by atoms with van der Waals surface area (Å²) < 4.78 is 0. The number of anilines is 1. The fraction of sp³-hybridized carbons (Fsp3) is 0.286. The summed E-state index contributed by atoms with van der Waals surface area (Å²) in [6.45, 7) is 2.03. The molecule has 0 saturated heterocycles. The standard InChI is InChI=1S/C7H12N2P2/c1-5-3-2-4-8-6(5)9-7(10)11/h2-4,7H,10-11H2,1H3,(H,8,9). The van der Waals surface area contributed by atoms with E-state index in [9.17, 15) is 0 Å². The molecule has 0 aliphatic carbocycles. The fourth-order valence-corrected chi connectivity index (χ4v) is 1.11. The first-order valence-electron chi connectivity index (χ1n) is 3.39. The van der Waals surface area contributed by atoms with Crippen LogP contribution in [-0.4, -0.2) is 10.5 Å². The lowest BCUT2D eigenvalue weighted by atomic mass is 10.3. The van der Waals surface area contributed by atoms with Crippen LogP contribution in [0.4, 0.5) is 5.82 Å². The van der Waals surface area contributed by atoms with Gasteiger partial charge in [-0.05, 0) is 18.6 Å². The Balaban J connectivity index is 2.78. The molecule has 1 heterocycles. The van der Waals surface area contributed by atoms with Crippen molar-refractivity contribution in [2.45, 2.75) is 12.4 Å². The van der Waals surface area contributed by atoms with Gasteiger partial charge < -0.3 is 5.32 Å². The van der Waals surface area contributed by atoms with Gasteiger partial charge in [0.1, 0.15) is 5.82 Å². The van der Waals surface area contributed by atoms with E-state index in [2.05, 4.69) is 28.8 Å². The molecule has 60 valence electrons. The molecule has 0 radical (unpaired) electrons. The molecule has 0 aliphatic rings. The molecule has 11 heavy (non-hydrogen) atoms. The molecule has 0 spiro atoms. The van der Waals surface area contributed by atoms with E-state index in [0.717, 1.165) is 5.82 Å². The Labute approximate surface area is 71.6 Å². The average molecular weight is 186 g/mol. The predicted molar refractivity (Wildman–Crippen MR) is 55.8 cm³/mol. The Morgan fingerprint density at radius 2 is 2.27 bits per heavy atom. The largest absolute Gasteiger partial charge is 0.361 e. The van der Waals surface area contributed by atoms with Crippen LogP contribution in [-0.2, 0) is 0 Å². The van der Waals surface area contributed by atoms with Crippen molar-refractivity contribution in [2.24, 2.45) is 0 Å². The quantitative estimate of drug-likeness (QED) is 0.713. The molecule has 2 unspecified atom stereocenters. The van der Waals surface area contributed by atoms with Crippen molar-refractivity contribution in [2.75, 3.05) is 5.32 Å². The zero-order chi connectivity index (χ0) is 8.27. The molecule has 1 N–H and O–H groups in total. The number of nitrogens with zero attached hydrogens (tertiary/aromatic N) is 1. The van der Waals surface area contributed by atoms with Gasteiger partial charge in [-0.1, -0.05) is 6.07 Å². The molecule has 2 atom stereocenters. The third kappa shape index (κ3) is 2.73. The lowest BCUT2D eigenvalue weighted by Crippen LogP contribution is -2.05. The number of nitrogens with one attached hydrogen (secondary N) is 1. The number of pyridine rings is 1. The minimum atomic E-state index is 0.281. The first kappa shape index (κ1) is 8.90. The van der Waals surface area contributed by atoms with Crippen LogP contribution in [0.25, 0.3) is 0 Å². The average Bonchev–Trinajstić information content (AvgIpc) is 1.93. The van der Waals surface area contributed by atoms with Gasteiger partial charge in [0.15, 0.2) is 0 Å². The molecule has 0 bridgehead atoms. The smallest absolute Gasteiger partial charge is 0.129 e. The van der Waals surface area contributed by atoms with Gasteiger partial charge in [-0.2, -0.15) is 0 Å². The van der Waals surface area contributed by atoms with E-state index in [4.69, 9.17) is 0 Å². The van der Waals surface area contributed by atoms with Crippen LogP contribution in [0.1, 0.15) is 5.56 Å². The SMILES string of the molecule is Cc1cccnc1NC(P)P. The summed E-state index contributed by atoms with van der Waals surface area (Å²) in [5, 5.41) is 3.19. The number of aryl methyl sites for hydroxylation is 1. The van der Waals surface area contributed by atoms with Gasteiger partial charge in [0.05, 0.1) is 5.52 Å². The van der Waals surface area contributed by atoms with Gasteiger partial charge >= 0.3 is 0 Å². The van der Waals surface area contributed by atoms with Crippen LogP contribution in [0.3, 0.4) is 0 Å². The summed E-state index contributed by atoms with van der Waals surface area (Å²) in [4.78, 5) is 4.18. The lowest BCUT2D eigenvalue weighted by molar-refractivity contribution is 1.21. The Bertz CT molecular complexity index is 238. The van der Waals surface area contributed by atoms with Crippen LogP contribution in [0.15, 0.2) is 18.3 Å². The summed E-state index contributed by atoms with van der Waals surface area (Å²) in [6.07, 6.45) is 1.78. The maximum Gasteiger partial charge on any atom is 0.129 e. The molecule has 0 aromatic carbocycles. The number of aromatic nitrogens is 1. The Morgan fingerprint density at radius 3 is 2.82 bits per heavy atom. The van der Waals surface area contributed by atoms with Gasteiger partial charge in [-0.15, -0.1) is 18.5 Å². The van der Waals surface area contributed by atoms with Crippen molar-refractivity contribution in [1.82, 2.24) is 4.98 Å². The Kier molecular flexibility index (Phi) is 3.23. The normalized spacial score (nSPS) is 10.2.